The van der Waals surface area contributed by atoms with Gasteiger partial charge in [0.05, 0.1) is 6.54 Å². The molecule has 0 saturated heterocycles. The number of nitrogens with one attached hydrogen (secondary N) is 1. The van der Waals surface area contributed by atoms with Crippen molar-refractivity contribution in [2.45, 2.75) is 31.1 Å². The van der Waals surface area contributed by atoms with Gasteiger partial charge in [0.1, 0.15) is 5.82 Å². The Kier molecular flexibility index (Phi) is 6.60. The summed E-state index contributed by atoms with van der Waals surface area (Å²) >= 11 is 0. The van der Waals surface area contributed by atoms with Gasteiger partial charge < -0.3 is 11.1 Å². The highest BCUT2D eigenvalue weighted by atomic mass is 127. The van der Waals surface area contributed by atoms with E-state index in [-0.39, 0.29) is 35.2 Å². The van der Waals surface area contributed by atoms with E-state index >= 15 is 0 Å². The first-order valence-corrected chi connectivity index (χ1v) is 8.06. The van der Waals surface area contributed by atoms with Crippen molar-refractivity contribution < 1.29 is 4.39 Å². The third-order valence-electron chi connectivity index (χ3n) is 4.62. The van der Waals surface area contributed by atoms with Crippen LogP contribution in [0.5, 0.6) is 0 Å². The lowest BCUT2D eigenvalue weighted by atomic mass is 9.79. The molecule has 0 unspecified atom stereocenters. The molecule has 128 valence electrons. The molecular weight excluding hydrogens is 416 g/mol. The molecule has 5 heteroatoms. The van der Waals surface area contributed by atoms with Crippen molar-refractivity contribution in [2.24, 2.45) is 10.7 Å². The zero-order chi connectivity index (χ0) is 16.1. The van der Waals surface area contributed by atoms with Crippen LogP contribution in [0.15, 0.2) is 59.6 Å². The molecule has 0 atom stereocenters. The summed E-state index contributed by atoms with van der Waals surface area (Å²) in [7, 11) is 0. The molecule has 3 rings (SSSR count). The van der Waals surface area contributed by atoms with Gasteiger partial charge in [-0.3, -0.25) is 4.99 Å². The Hall–Kier alpha value is -1.63. The molecule has 0 aromatic heterocycles. The van der Waals surface area contributed by atoms with Gasteiger partial charge in [-0.2, -0.15) is 0 Å². The zero-order valence-corrected chi connectivity index (χ0v) is 15.9. The average Bonchev–Trinajstić information content (AvgIpc) is 3.05. The monoisotopic (exact) mass is 439 g/mol. The third-order valence-corrected chi connectivity index (χ3v) is 4.62. The van der Waals surface area contributed by atoms with Crippen molar-refractivity contribution in [3.63, 3.8) is 0 Å². The molecule has 2 aromatic rings. The van der Waals surface area contributed by atoms with Crippen molar-refractivity contribution in [3.05, 3.63) is 66.0 Å². The number of hydrogen-bond acceptors (Lipinski definition) is 1. The van der Waals surface area contributed by atoms with Crippen LogP contribution >= 0.6 is 24.0 Å². The molecule has 1 fully saturated rings. The summed E-state index contributed by atoms with van der Waals surface area (Å²) < 4.78 is 13.2. The smallest absolute Gasteiger partial charge is 0.193 e. The number of nitrogens with zero attached hydrogens (tertiary/aromatic N) is 1. The summed E-state index contributed by atoms with van der Waals surface area (Å²) in [6.07, 6.45) is 4.50. The van der Waals surface area contributed by atoms with Gasteiger partial charge in [-0.15, -0.1) is 24.0 Å². The molecule has 1 aliphatic rings. The van der Waals surface area contributed by atoms with Gasteiger partial charge in [-0.1, -0.05) is 43.2 Å². The van der Waals surface area contributed by atoms with Crippen LogP contribution < -0.4 is 11.1 Å². The topological polar surface area (TPSA) is 50.4 Å². The van der Waals surface area contributed by atoms with E-state index in [0.717, 1.165) is 24.1 Å². The molecule has 0 bridgehead atoms. The molecule has 3 N–H and O–H groups in total. The first-order chi connectivity index (χ1) is 11.2. The predicted molar refractivity (Wildman–Crippen MR) is 109 cm³/mol. The Labute approximate surface area is 159 Å². The van der Waals surface area contributed by atoms with Crippen LogP contribution in [0.2, 0.25) is 0 Å². The second-order valence-corrected chi connectivity index (χ2v) is 6.19. The van der Waals surface area contributed by atoms with Gasteiger partial charge in [0.15, 0.2) is 5.96 Å². The molecule has 0 spiro atoms. The van der Waals surface area contributed by atoms with Crippen LogP contribution in [-0.2, 0) is 5.41 Å². The van der Waals surface area contributed by atoms with E-state index in [2.05, 4.69) is 10.3 Å². The van der Waals surface area contributed by atoms with Gasteiger partial charge >= 0.3 is 0 Å². The molecule has 0 amide bonds. The largest absolute Gasteiger partial charge is 0.370 e. The van der Waals surface area contributed by atoms with Gasteiger partial charge in [-0.25, -0.2) is 4.39 Å². The SMILES string of the molecule is I.NC(=NCC1(c2ccc(F)cc2)CCCC1)Nc1ccccc1. The molecule has 0 radical (unpaired) electrons. The molecular formula is C19H23FIN3. The minimum atomic E-state index is -0.198. The lowest BCUT2D eigenvalue weighted by molar-refractivity contribution is 0.453. The zero-order valence-electron chi connectivity index (χ0n) is 13.5. The fraction of sp³-hybridized carbons (Fsp3) is 0.316. The van der Waals surface area contributed by atoms with Gasteiger partial charge in [0.25, 0.3) is 0 Å². The minimum Gasteiger partial charge on any atom is -0.370 e. The number of halogens is 2. The fourth-order valence-electron chi connectivity index (χ4n) is 3.34. The minimum absolute atomic E-state index is 0. The maximum absolute atomic E-state index is 13.2. The standard InChI is InChI=1S/C19H22FN3.HI/c20-16-10-8-15(9-11-16)19(12-4-5-13-19)14-22-18(21)23-17-6-2-1-3-7-17;/h1-3,6-11H,4-5,12-14H2,(H3,21,22,23);1H. The average molecular weight is 439 g/mol. The van der Waals surface area contributed by atoms with Crippen LogP contribution in [0, 0.1) is 5.82 Å². The number of nitrogens with two attached hydrogens (primary N) is 1. The molecule has 2 aromatic carbocycles. The van der Waals surface area contributed by atoms with E-state index in [1.807, 2.05) is 42.5 Å². The third kappa shape index (κ3) is 4.47. The second kappa shape index (κ2) is 8.46. The van der Waals surface area contributed by atoms with Crippen molar-refractivity contribution in [1.82, 2.24) is 0 Å². The van der Waals surface area contributed by atoms with Gasteiger partial charge in [-0.05, 0) is 42.7 Å². The molecule has 24 heavy (non-hydrogen) atoms. The van der Waals surface area contributed by atoms with E-state index in [9.17, 15) is 4.39 Å². The highest BCUT2D eigenvalue weighted by molar-refractivity contribution is 14.0. The van der Waals surface area contributed by atoms with E-state index in [4.69, 9.17) is 5.73 Å². The molecule has 0 heterocycles. The van der Waals surface area contributed by atoms with Crippen LogP contribution in [0.25, 0.3) is 0 Å². The Morgan fingerprint density at radius 1 is 1.04 bits per heavy atom. The first kappa shape index (κ1) is 18.7. The van der Waals surface area contributed by atoms with Crippen LogP contribution in [0.1, 0.15) is 31.2 Å². The fourth-order valence-corrected chi connectivity index (χ4v) is 3.34. The van der Waals surface area contributed by atoms with Crippen molar-refractivity contribution >= 4 is 35.6 Å². The highest BCUT2D eigenvalue weighted by Crippen LogP contribution is 2.41. The van der Waals surface area contributed by atoms with Crippen LogP contribution in [0.3, 0.4) is 0 Å². The Morgan fingerprint density at radius 3 is 2.29 bits per heavy atom. The molecule has 1 saturated carbocycles. The lowest BCUT2D eigenvalue weighted by Gasteiger charge is -2.28. The number of anilines is 1. The van der Waals surface area contributed by atoms with E-state index in [0.29, 0.717) is 12.5 Å². The summed E-state index contributed by atoms with van der Waals surface area (Å²) in [6.45, 7) is 0.629. The Bertz CT molecular complexity index is 665. The van der Waals surface area contributed by atoms with Crippen molar-refractivity contribution in [2.75, 3.05) is 11.9 Å². The molecule has 0 aliphatic heterocycles. The van der Waals surface area contributed by atoms with Crippen LogP contribution in [0.4, 0.5) is 10.1 Å². The van der Waals surface area contributed by atoms with E-state index < -0.39 is 0 Å². The van der Waals surface area contributed by atoms with Crippen molar-refractivity contribution in [1.29, 1.82) is 0 Å². The maximum atomic E-state index is 13.2. The summed E-state index contributed by atoms with van der Waals surface area (Å²) in [5.74, 6) is 0.222. The first-order valence-electron chi connectivity index (χ1n) is 8.06. The summed E-state index contributed by atoms with van der Waals surface area (Å²) in [6, 6.07) is 16.6. The molecule has 1 aliphatic carbocycles. The number of para-hydroxylation sites is 1. The second-order valence-electron chi connectivity index (χ2n) is 6.19. The van der Waals surface area contributed by atoms with E-state index in [1.54, 1.807) is 0 Å². The number of hydrogen-bond donors (Lipinski definition) is 2. The number of rotatable bonds is 4. The summed E-state index contributed by atoms with van der Waals surface area (Å²) in [5.41, 5.74) is 8.09. The Morgan fingerprint density at radius 2 is 1.67 bits per heavy atom. The number of aliphatic imine (C=N–C) groups is 1. The summed E-state index contributed by atoms with van der Waals surface area (Å²) in [5, 5.41) is 3.11. The maximum Gasteiger partial charge on any atom is 0.193 e. The normalized spacial score (nSPS) is 16.5. The van der Waals surface area contributed by atoms with E-state index in [1.165, 1.54) is 25.0 Å². The highest BCUT2D eigenvalue weighted by Gasteiger charge is 2.35. The van der Waals surface area contributed by atoms with Gasteiger partial charge in [0.2, 0.25) is 0 Å². The quantitative estimate of drug-likeness (QED) is 0.413. The molecule has 3 nitrogen and oxygen atoms in total. The van der Waals surface area contributed by atoms with Gasteiger partial charge in [0, 0.05) is 11.1 Å². The number of guanidine groups is 1. The predicted octanol–water partition coefficient (Wildman–Crippen LogP) is 4.68. The lowest BCUT2D eigenvalue weighted by Crippen LogP contribution is -2.30. The van der Waals surface area contributed by atoms with Crippen LogP contribution in [-0.4, -0.2) is 12.5 Å². The Balaban J connectivity index is 0.00000208. The number of benzene rings is 2. The van der Waals surface area contributed by atoms with Crippen molar-refractivity contribution in [3.8, 4) is 0 Å². The summed E-state index contributed by atoms with van der Waals surface area (Å²) in [4.78, 5) is 4.56.